The van der Waals surface area contributed by atoms with E-state index in [0.717, 1.165) is 5.75 Å². The van der Waals surface area contributed by atoms with E-state index < -0.39 is 21.7 Å². The lowest BCUT2D eigenvalue weighted by Gasteiger charge is -2.35. The predicted octanol–water partition coefficient (Wildman–Crippen LogP) is 1.97. The Morgan fingerprint density at radius 2 is 2.17 bits per heavy atom. The second kappa shape index (κ2) is 5.87. The van der Waals surface area contributed by atoms with Crippen molar-refractivity contribution in [2.45, 2.75) is 29.4 Å². The summed E-state index contributed by atoms with van der Waals surface area (Å²) in [5.41, 5.74) is -0.185. The van der Waals surface area contributed by atoms with Crippen LogP contribution < -0.4 is 0 Å². The predicted molar refractivity (Wildman–Crippen MR) is 91.1 cm³/mol. The van der Waals surface area contributed by atoms with E-state index in [0.29, 0.717) is 36.5 Å². The second-order valence-electron chi connectivity index (χ2n) is 6.16. The molecule has 0 radical (unpaired) electrons. The average molecular weight is 366 g/mol. The third-order valence-corrected chi connectivity index (χ3v) is 8.15. The maximum atomic E-state index is 13.4. The summed E-state index contributed by atoms with van der Waals surface area (Å²) in [5, 5.41) is 14.1. The zero-order chi connectivity index (χ0) is 16.8. The largest absolute Gasteiger partial charge is 0.391 e. The molecule has 0 amide bonds. The van der Waals surface area contributed by atoms with Gasteiger partial charge >= 0.3 is 0 Å². The quantitative estimate of drug-likeness (QED) is 0.894. The highest BCUT2D eigenvalue weighted by atomic mass is 32.2. The molecule has 2 fully saturated rings. The standard InChI is InChI=1S/C16H18N2O4S2/c19-15-6-9-18(16(15)7-10-23-11-16)24(20,21)14-4-2-1-3-12(14)13-5-8-17-22-13/h1-5,8,15,19H,6-7,9-11H2. The number of hydrogen-bond donors (Lipinski definition) is 1. The van der Waals surface area contributed by atoms with Gasteiger partial charge in [0, 0.05) is 23.9 Å². The Morgan fingerprint density at radius 1 is 1.33 bits per heavy atom. The normalized spacial score (nSPS) is 28.0. The molecule has 3 heterocycles. The molecule has 2 aliphatic heterocycles. The van der Waals surface area contributed by atoms with E-state index in [1.807, 2.05) is 0 Å². The van der Waals surface area contributed by atoms with Gasteiger partial charge in [0.05, 0.1) is 22.7 Å². The minimum atomic E-state index is -3.75. The van der Waals surface area contributed by atoms with Gasteiger partial charge in [-0.2, -0.15) is 16.1 Å². The van der Waals surface area contributed by atoms with Crippen LogP contribution in [-0.4, -0.2) is 52.7 Å². The third kappa shape index (κ3) is 2.32. The van der Waals surface area contributed by atoms with Crippen LogP contribution in [0.4, 0.5) is 0 Å². The SMILES string of the molecule is O=S(=O)(c1ccccc1-c1ccno1)N1CCC(O)C12CCSC2. The number of benzene rings is 1. The van der Waals surface area contributed by atoms with E-state index in [2.05, 4.69) is 5.16 Å². The van der Waals surface area contributed by atoms with Crippen molar-refractivity contribution >= 4 is 21.8 Å². The van der Waals surface area contributed by atoms with Gasteiger partial charge in [-0.05, 0) is 30.7 Å². The molecule has 4 rings (SSSR count). The molecule has 0 saturated carbocycles. The molecular weight excluding hydrogens is 348 g/mol. The lowest BCUT2D eigenvalue weighted by atomic mass is 9.94. The van der Waals surface area contributed by atoms with Crippen molar-refractivity contribution in [1.82, 2.24) is 9.46 Å². The number of nitrogens with zero attached hydrogens (tertiary/aromatic N) is 2. The van der Waals surface area contributed by atoms with Gasteiger partial charge in [-0.1, -0.05) is 17.3 Å². The van der Waals surface area contributed by atoms with Crippen molar-refractivity contribution in [2.24, 2.45) is 0 Å². The van der Waals surface area contributed by atoms with Crippen molar-refractivity contribution < 1.29 is 18.0 Å². The summed E-state index contributed by atoms with van der Waals surface area (Å²) >= 11 is 1.70. The van der Waals surface area contributed by atoms with E-state index in [1.165, 1.54) is 10.5 Å². The Labute approximate surface area is 144 Å². The Balaban J connectivity index is 1.82. The molecule has 1 N–H and O–H groups in total. The smallest absolute Gasteiger partial charge is 0.244 e. The molecule has 2 unspecified atom stereocenters. The number of aliphatic hydroxyl groups excluding tert-OH is 1. The summed E-state index contributed by atoms with van der Waals surface area (Å²) in [7, 11) is -3.75. The molecule has 0 bridgehead atoms. The maximum Gasteiger partial charge on any atom is 0.244 e. The second-order valence-corrected chi connectivity index (χ2v) is 9.10. The molecule has 2 saturated heterocycles. The van der Waals surface area contributed by atoms with E-state index in [1.54, 1.807) is 42.1 Å². The van der Waals surface area contributed by atoms with Gasteiger partial charge in [0.15, 0.2) is 5.76 Å². The molecule has 24 heavy (non-hydrogen) atoms. The van der Waals surface area contributed by atoms with Crippen LogP contribution in [0.15, 0.2) is 45.9 Å². The summed E-state index contributed by atoms with van der Waals surface area (Å²) < 4.78 is 33.5. The van der Waals surface area contributed by atoms with Gasteiger partial charge in [0.25, 0.3) is 0 Å². The number of hydrogen-bond acceptors (Lipinski definition) is 6. The van der Waals surface area contributed by atoms with Crippen LogP contribution in [0.2, 0.25) is 0 Å². The monoisotopic (exact) mass is 366 g/mol. The van der Waals surface area contributed by atoms with Gasteiger partial charge in [0.1, 0.15) is 0 Å². The molecule has 8 heteroatoms. The van der Waals surface area contributed by atoms with Gasteiger partial charge in [0.2, 0.25) is 10.0 Å². The number of sulfonamides is 1. The van der Waals surface area contributed by atoms with E-state index in [-0.39, 0.29) is 4.90 Å². The van der Waals surface area contributed by atoms with E-state index in [4.69, 9.17) is 4.52 Å². The summed E-state index contributed by atoms with van der Waals surface area (Å²) in [4.78, 5) is 0.201. The first-order chi connectivity index (χ1) is 11.6. The molecule has 1 aromatic carbocycles. The van der Waals surface area contributed by atoms with Crippen LogP contribution in [0.25, 0.3) is 11.3 Å². The van der Waals surface area contributed by atoms with Crippen LogP contribution in [0, 0.1) is 0 Å². The molecule has 2 aliphatic rings. The Hall–Kier alpha value is -1.35. The van der Waals surface area contributed by atoms with Crippen LogP contribution in [0.5, 0.6) is 0 Å². The van der Waals surface area contributed by atoms with Crippen LogP contribution in [0.1, 0.15) is 12.8 Å². The average Bonchev–Trinajstić information content (AvgIpc) is 3.32. The molecule has 6 nitrogen and oxygen atoms in total. The van der Waals surface area contributed by atoms with E-state index >= 15 is 0 Å². The van der Waals surface area contributed by atoms with Gasteiger partial charge in [-0.3, -0.25) is 0 Å². The van der Waals surface area contributed by atoms with Gasteiger partial charge < -0.3 is 9.63 Å². The van der Waals surface area contributed by atoms with Crippen LogP contribution >= 0.6 is 11.8 Å². The first-order valence-corrected chi connectivity index (χ1v) is 10.4. The summed E-state index contributed by atoms with van der Waals surface area (Å²) in [5.74, 6) is 1.92. The van der Waals surface area contributed by atoms with Crippen molar-refractivity contribution in [3.8, 4) is 11.3 Å². The summed E-state index contributed by atoms with van der Waals surface area (Å²) in [6.45, 7) is 0.342. The molecule has 1 spiro atoms. The minimum Gasteiger partial charge on any atom is -0.391 e. The topological polar surface area (TPSA) is 83.6 Å². The molecule has 1 aromatic heterocycles. The van der Waals surface area contributed by atoms with Crippen molar-refractivity contribution in [2.75, 3.05) is 18.1 Å². The fourth-order valence-corrected chi connectivity index (χ4v) is 7.26. The zero-order valence-corrected chi connectivity index (χ0v) is 14.6. The van der Waals surface area contributed by atoms with Crippen LogP contribution in [0.3, 0.4) is 0 Å². The zero-order valence-electron chi connectivity index (χ0n) is 13.0. The third-order valence-electron chi connectivity index (χ3n) is 4.91. The highest BCUT2D eigenvalue weighted by Crippen LogP contribution is 2.45. The van der Waals surface area contributed by atoms with Crippen molar-refractivity contribution in [1.29, 1.82) is 0 Å². The van der Waals surface area contributed by atoms with E-state index in [9.17, 15) is 13.5 Å². The number of aliphatic hydroxyl groups is 1. The first kappa shape index (κ1) is 16.1. The Bertz CT molecular complexity index is 830. The van der Waals surface area contributed by atoms with Gasteiger partial charge in [-0.25, -0.2) is 8.42 Å². The molecule has 2 aromatic rings. The summed E-state index contributed by atoms with van der Waals surface area (Å²) in [6.07, 6.45) is 2.04. The molecule has 128 valence electrons. The number of aromatic nitrogens is 1. The highest BCUT2D eigenvalue weighted by molar-refractivity contribution is 7.99. The Kier molecular flexibility index (Phi) is 3.95. The van der Waals surface area contributed by atoms with Gasteiger partial charge in [-0.15, -0.1) is 0 Å². The lowest BCUT2D eigenvalue weighted by molar-refractivity contribution is 0.0823. The lowest BCUT2D eigenvalue weighted by Crippen LogP contribution is -2.53. The first-order valence-electron chi connectivity index (χ1n) is 7.84. The number of thioether (sulfide) groups is 1. The van der Waals surface area contributed by atoms with Crippen molar-refractivity contribution in [3.05, 3.63) is 36.5 Å². The highest BCUT2D eigenvalue weighted by Gasteiger charge is 2.55. The molecule has 2 atom stereocenters. The molecular formula is C16H18N2O4S2. The summed E-state index contributed by atoms with van der Waals surface area (Å²) in [6, 6.07) is 8.43. The van der Waals surface area contributed by atoms with Crippen molar-refractivity contribution in [3.63, 3.8) is 0 Å². The molecule has 0 aliphatic carbocycles. The minimum absolute atomic E-state index is 0.201. The number of rotatable bonds is 3. The Morgan fingerprint density at radius 3 is 2.88 bits per heavy atom. The fraction of sp³-hybridized carbons (Fsp3) is 0.438. The maximum absolute atomic E-state index is 13.4. The fourth-order valence-electron chi connectivity index (χ4n) is 3.65. The van der Waals surface area contributed by atoms with Crippen LogP contribution in [-0.2, 0) is 10.0 Å².